The normalized spacial score (nSPS) is 15.3. The number of hydrogen-bond acceptors (Lipinski definition) is 3. The monoisotopic (exact) mass is 386 g/mol. The summed E-state index contributed by atoms with van der Waals surface area (Å²) in [5.41, 5.74) is 2.94. The first-order chi connectivity index (χ1) is 12.9. The van der Waals surface area contributed by atoms with Gasteiger partial charge in [0.05, 0.1) is 10.6 Å². The molecule has 3 rings (SSSR count). The summed E-state index contributed by atoms with van der Waals surface area (Å²) in [5.74, 6) is -0.0247. The summed E-state index contributed by atoms with van der Waals surface area (Å²) in [7, 11) is -3.70. The first-order valence-electron chi connectivity index (χ1n) is 9.36. The Labute approximate surface area is 161 Å². The zero-order valence-electron chi connectivity index (χ0n) is 15.9. The Bertz CT molecular complexity index is 913. The van der Waals surface area contributed by atoms with Crippen molar-refractivity contribution in [2.75, 3.05) is 17.8 Å². The van der Waals surface area contributed by atoms with Crippen molar-refractivity contribution >= 4 is 21.6 Å². The van der Waals surface area contributed by atoms with Crippen LogP contribution in [-0.4, -0.2) is 32.3 Å². The van der Waals surface area contributed by atoms with Gasteiger partial charge in [0.2, 0.25) is 0 Å². The molecule has 0 aromatic heterocycles. The van der Waals surface area contributed by atoms with E-state index in [2.05, 4.69) is 4.72 Å². The number of sulfonamides is 1. The number of anilines is 1. The molecule has 0 atom stereocenters. The number of rotatable bonds is 4. The maximum atomic E-state index is 12.7. The fourth-order valence-corrected chi connectivity index (χ4v) is 4.40. The third-order valence-electron chi connectivity index (χ3n) is 4.94. The molecule has 2 aromatic carbocycles. The Hall–Kier alpha value is -2.34. The van der Waals surface area contributed by atoms with E-state index in [-0.39, 0.29) is 10.8 Å². The molecule has 0 saturated carbocycles. The molecule has 1 fully saturated rings. The summed E-state index contributed by atoms with van der Waals surface area (Å²) >= 11 is 0. The first-order valence-corrected chi connectivity index (χ1v) is 10.8. The zero-order valence-corrected chi connectivity index (χ0v) is 16.7. The molecule has 0 spiro atoms. The number of aryl methyl sites for hydroxylation is 2. The second kappa shape index (κ2) is 8.13. The van der Waals surface area contributed by atoms with Gasteiger partial charge in [-0.2, -0.15) is 0 Å². The number of benzene rings is 2. The van der Waals surface area contributed by atoms with Crippen molar-refractivity contribution in [3.63, 3.8) is 0 Å². The predicted octanol–water partition coefficient (Wildman–Crippen LogP) is 4.12. The van der Waals surface area contributed by atoms with Crippen LogP contribution in [0.3, 0.4) is 0 Å². The minimum atomic E-state index is -3.70. The molecular weight excluding hydrogens is 360 g/mol. The minimum absolute atomic E-state index is 0.0247. The number of carbonyl (C=O) groups is 1. The third-order valence-corrected chi connectivity index (χ3v) is 6.32. The molecule has 1 aliphatic rings. The highest BCUT2D eigenvalue weighted by Crippen LogP contribution is 2.22. The standard InChI is InChI=1S/C21H26N2O3S/c1-16-7-8-17(2)20(15-16)22-27(25,26)19-11-9-18(10-12-19)21(24)23-13-5-3-4-6-14-23/h7-12,15,22H,3-6,13-14H2,1-2H3. The second-order valence-electron chi connectivity index (χ2n) is 7.15. The van der Waals surface area contributed by atoms with Gasteiger partial charge in [-0.1, -0.05) is 25.0 Å². The summed E-state index contributed by atoms with van der Waals surface area (Å²) in [6.07, 6.45) is 4.37. The molecular formula is C21H26N2O3S. The van der Waals surface area contributed by atoms with Gasteiger partial charge in [0.1, 0.15) is 0 Å². The van der Waals surface area contributed by atoms with Gasteiger partial charge in [-0.05, 0) is 68.1 Å². The topological polar surface area (TPSA) is 66.5 Å². The van der Waals surface area contributed by atoms with Crippen LogP contribution in [-0.2, 0) is 10.0 Å². The number of likely N-dealkylation sites (tertiary alicyclic amines) is 1. The Morgan fingerprint density at radius 1 is 0.926 bits per heavy atom. The molecule has 0 aliphatic carbocycles. The number of amides is 1. The number of nitrogens with one attached hydrogen (secondary N) is 1. The van der Waals surface area contributed by atoms with E-state index in [1.54, 1.807) is 12.1 Å². The van der Waals surface area contributed by atoms with Gasteiger partial charge in [-0.3, -0.25) is 9.52 Å². The van der Waals surface area contributed by atoms with E-state index in [0.717, 1.165) is 49.9 Å². The van der Waals surface area contributed by atoms with Crippen LogP contribution in [0.15, 0.2) is 47.4 Å². The smallest absolute Gasteiger partial charge is 0.261 e. The van der Waals surface area contributed by atoms with Crippen molar-refractivity contribution in [2.45, 2.75) is 44.4 Å². The van der Waals surface area contributed by atoms with Gasteiger partial charge in [-0.15, -0.1) is 0 Å². The summed E-state index contributed by atoms with van der Waals surface area (Å²) in [5, 5.41) is 0. The molecule has 144 valence electrons. The van der Waals surface area contributed by atoms with Crippen molar-refractivity contribution in [1.82, 2.24) is 4.90 Å². The lowest BCUT2D eigenvalue weighted by Crippen LogP contribution is -2.31. The fourth-order valence-electron chi connectivity index (χ4n) is 3.28. The van der Waals surface area contributed by atoms with Crippen LogP contribution < -0.4 is 4.72 Å². The van der Waals surface area contributed by atoms with Gasteiger partial charge in [0, 0.05) is 18.7 Å². The van der Waals surface area contributed by atoms with Crippen LogP contribution in [0.25, 0.3) is 0 Å². The molecule has 0 bridgehead atoms. The SMILES string of the molecule is Cc1ccc(C)c(NS(=O)(=O)c2ccc(C(=O)N3CCCCCC3)cc2)c1. The van der Waals surface area contributed by atoms with E-state index < -0.39 is 10.0 Å². The van der Waals surface area contributed by atoms with Crippen LogP contribution in [0, 0.1) is 13.8 Å². The fraction of sp³-hybridized carbons (Fsp3) is 0.381. The van der Waals surface area contributed by atoms with Gasteiger partial charge < -0.3 is 4.90 Å². The summed E-state index contributed by atoms with van der Waals surface area (Å²) < 4.78 is 28.0. The maximum Gasteiger partial charge on any atom is 0.261 e. The highest BCUT2D eigenvalue weighted by molar-refractivity contribution is 7.92. The van der Waals surface area contributed by atoms with Crippen molar-refractivity contribution < 1.29 is 13.2 Å². The lowest BCUT2D eigenvalue weighted by molar-refractivity contribution is 0.0761. The summed E-state index contributed by atoms with van der Waals surface area (Å²) in [6.45, 7) is 5.32. The largest absolute Gasteiger partial charge is 0.339 e. The van der Waals surface area contributed by atoms with E-state index >= 15 is 0 Å². The van der Waals surface area contributed by atoms with Crippen molar-refractivity contribution in [1.29, 1.82) is 0 Å². The molecule has 1 N–H and O–H groups in total. The highest BCUT2D eigenvalue weighted by atomic mass is 32.2. The molecule has 6 heteroatoms. The van der Waals surface area contributed by atoms with E-state index in [0.29, 0.717) is 11.3 Å². The first kappa shape index (κ1) is 19.4. The molecule has 5 nitrogen and oxygen atoms in total. The Balaban J connectivity index is 1.77. The molecule has 0 unspecified atom stereocenters. The lowest BCUT2D eigenvalue weighted by atomic mass is 10.1. The van der Waals surface area contributed by atoms with Crippen LogP contribution in [0.2, 0.25) is 0 Å². The van der Waals surface area contributed by atoms with Crippen LogP contribution in [0.5, 0.6) is 0 Å². The number of hydrogen-bond donors (Lipinski definition) is 1. The zero-order chi connectivity index (χ0) is 19.4. The van der Waals surface area contributed by atoms with Gasteiger partial charge >= 0.3 is 0 Å². The minimum Gasteiger partial charge on any atom is -0.339 e. The van der Waals surface area contributed by atoms with Crippen LogP contribution in [0.4, 0.5) is 5.69 Å². The molecule has 27 heavy (non-hydrogen) atoms. The van der Waals surface area contributed by atoms with Crippen molar-refractivity contribution in [3.05, 3.63) is 59.2 Å². The van der Waals surface area contributed by atoms with E-state index in [9.17, 15) is 13.2 Å². The molecule has 0 radical (unpaired) electrons. The Morgan fingerprint density at radius 2 is 1.56 bits per heavy atom. The second-order valence-corrected chi connectivity index (χ2v) is 8.84. The van der Waals surface area contributed by atoms with Crippen molar-refractivity contribution in [3.8, 4) is 0 Å². The highest BCUT2D eigenvalue weighted by Gasteiger charge is 2.19. The van der Waals surface area contributed by atoms with E-state index in [4.69, 9.17) is 0 Å². The van der Waals surface area contributed by atoms with E-state index in [1.807, 2.05) is 36.9 Å². The summed E-state index contributed by atoms with van der Waals surface area (Å²) in [4.78, 5) is 14.7. The average molecular weight is 387 g/mol. The lowest BCUT2D eigenvalue weighted by Gasteiger charge is -2.20. The predicted molar refractivity (Wildman–Crippen MR) is 108 cm³/mol. The van der Waals surface area contributed by atoms with Crippen molar-refractivity contribution in [2.24, 2.45) is 0 Å². The third kappa shape index (κ3) is 4.69. The summed E-state index contributed by atoms with van der Waals surface area (Å²) in [6, 6.07) is 11.8. The molecule has 1 amide bonds. The number of carbonyl (C=O) groups excluding carboxylic acids is 1. The van der Waals surface area contributed by atoms with Gasteiger partial charge in [-0.25, -0.2) is 8.42 Å². The average Bonchev–Trinajstić information content (AvgIpc) is 2.93. The Kier molecular flexibility index (Phi) is 5.85. The quantitative estimate of drug-likeness (QED) is 0.859. The molecule has 1 aliphatic heterocycles. The Morgan fingerprint density at radius 3 is 2.19 bits per heavy atom. The number of nitrogens with zero attached hydrogens (tertiary/aromatic N) is 1. The molecule has 1 heterocycles. The molecule has 2 aromatic rings. The molecule has 1 saturated heterocycles. The van der Waals surface area contributed by atoms with Crippen LogP contribution in [0.1, 0.15) is 47.2 Å². The van der Waals surface area contributed by atoms with Crippen LogP contribution >= 0.6 is 0 Å². The van der Waals surface area contributed by atoms with E-state index in [1.165, 1.54) is 12.1 Å². The van der Waals surface area contributed by atoms with Gasteiger partial charge in [0.15, 0.2) is 0 Å². The maximum absolute atomic E-state index is 12.7. The van der Waals surface area contributed by atoms with Gasteiger partial charge in [0.25, 0.3) is 15.9 Å².